The first-order valence-corrected chi connectivity index (χ1v) is 10.0. The predicted molar refractivity (Wildman–Crippen MR) is 96.6 cm³/mol. The minimum atomic E-state index is -0.407. The Morgan fingerprint density at radius 3 is 2.72 bits per heavy atom. The third-order valence-corrected chi connectivity index (χ3v) is 5.13. The highest BCUT2D eigenvalue weighted by molar-refractivity contribution is 7.09. The van der Waals surface area contributed by atoms with Crippen LogP contribution in [-0.4, -0.2) is 48.1 Å². The normalized spacial score (nSPS) is 14.6. The Morgan fingerprint density at radius 2 is 2.04 bits per heavy atom. The summed E-state index contributed by atoms with van der Waals surface area (Å²) < 4.78 is 10.4. The van der Waals surface area contributed by atoms with Crippen molar-refractivity contribution in [3.05, 3.63) is 16.1 Å². The summed E-state index contributed by atoms with van der Waals surface area (Å²) in [6.45, 7) is 6.51. The fourth-order valence-electron chi connectivity index (χ4n) is 3.05. The van der Waals surface area contributed by atoms with Gasteiger partial charge in [0.1, 0.15) is 5.01 Å². The number of hydrogen-bond acceptors (Lipinski definition) is 6. The van der Waals surface area contributed by atoms with Gasteiger partial charge in [0.05, 0.1) is 13.2 Å². The number of esters is 1. The van der Waals surface area contributed by atoms with Gasteiger partial charge in [0.2, 0.25) is 5.91 Å². The van der Waals surface area contributed by atoms with Crippen LogP contribution in [0.25, 0.3) is 0 Å². The second-order valence-electron chi connectivity index (χ2n) is 6.14. The lowest BCUT2D eigenvalue weighted by molar-refractivity contribution is -0.136. The van der Waals surface area contributed by atoms with Crippen LogP contribution in [0.2, 0.25) is 0 Å². The van der Waals surface area contributed by atoms with Gasteiger partial charge in [0, 0.05) is 31.1 Å². The number of ether oxygens (including phenoxy) is 2. The number of nitrogens with zero attached hydrogens (tertiary/aromatic N) is 2. The number of amides is 1. The van der Waals surface area contributed by atoms with Crippen LogP contribution < -0.4 is 0 Å². The Balaban J connectivity index is 1.98. The van der Waals surface area contributed by atoms with Crippen molar-refractivity contribution in [2.75, 3.05) is 26.4 Å². The standard InChI is InChI=1S/C18H28N2O4S/c1-3-23-11-7-10-20(17(21)14-8-5-6-9-14)12-16-19-15(13-25-16)18(22)24-4-2/h13-14H,3-12H2,1-2H3. The van der Waals surface area contributed by atoms with E-state index in [0.717, 1.165) is 37.1 Å². The van der Waals surface area contributed by atoms with Gasteiger partial charge in [-0.15, -0.1) is 11.3 Å². The van der Waals surface area contributed by atoms with E-state index in [9.17, 15) is 9.59 Å². The molecule has 0 aliphatic heterocycles. The topological polar surface area (TPSA) is 68.7 Å². The second-order valence-corrected chi connectivity index (χ2v) is 7.08. The lowest BCUT2D eigenvalue weighted by Gasteiger charge is -2.24. The van der Waals surface area contributed by atoms with Crippen molar-refractivity contribution < 1.29 is 19.1 Å². The summed E-state index contributed by atoms with van der Waals surface area (Å²) in [7, 11) is 0. The van der Waals surface area contributed by atoms with Gasteiger partial charge >= 0.3 is 5.97 Å². The molecule has 1 aromatic heterocycles. The van der Waals surface area contributed by atoms with Gasteiger partial charge in [-0.25, -0.2) is 9.78 Å². The molecule has 1 aromatic rings. The quantitative estimate of drug-likeness (QED) is 0.468. The zero-order chi connectivity index (χ0) is 18.1. The van der Waals surface area contributed by atoms with Crippen LogP contribution in [-0.2, 0) is 20.8 Å². The van der Waals surface area contributed by atoms with E-state index in [1.165, 1.54) is 11.3 Å². The number of rotatable bonds is 10. The molecule has 1 amide bonds. The molecule has 1 fully saturated rings. The molecule has 1 aliphatic carbocycles. The van der Waals surface area contributed by atoms with Crippen molar-refractivity contribution >= 4 is 23.2 Å². The van der Waals surface area contributed by atoms with Crippen molar-refractivity contribution in [1.82, 2.24) is 9.88 Å². The van der Waals surface area contributed by atoms with E-state index in [1.54, 1.807) is 12.3 Å². The van der Waals surface area contributed by atoms with E-state index in [2.05, 4.69) is 4.98 Å². The number of aromatic nitrogens is 1. The first kappa shape index (κ1) is 19.8. The van der Waals surface area contributed by atoms with Crippen molar-refractivity contribution in [1.29, 1.82) is 0 Å². The largest absolute Gasteiger partial charge is 0.461 e. The Morgan fingerprint density at radius 1 is 1.28 bits per heavy atom. The number of carbonyl (C=O) groups excluding carboxylic acids is 2. The van der Waals surface area contributed by atoms with E-state index in [4.69, 9.17) is 9.47 Å². The molecule has 0 atom stereocenters. The van der Waals surface area contributed by atoms with E-state index >= 15 is 0 Å². The molecule has 0 N–H and O–H groups in total. The monoisotopic (exact) mass is 368 g/mol. The Bertz CT molecular complexity index is 555. The van der Waals surface area contributed by atoms with Crippen LogP contribution in [0.3, 0.4) is 0 Å². The van der Waals surface area contributed by atoms with Gasteiger partial charge in [-0.05, 0) is 33.1 Å². The van der Waals surface area contributed by atoms with E-state index in [-0.39, 0.29) is 11.8 Å². The average molecular weight is 368 g/mol. The van der Waals surface area contributed by atoms with Crippen LogP contribution in [0.1, 0.15) is 61.4 Å². The van der Waals surface area contributed by atoms with E-state index in [0.29, 0.717) is 38.6 Å². The van der Waals surface area contributed by atoms with Crippen LogP contribution in [0, 0.1) is 5.92 Å². The number of thiazole rings is 1. The molecule has 140 valence electrons. The summed E-state index contributed by atoms with van der Waals surface area (Å²) in [4.78, 5) is 30.8. The lowest BCUT2D eigenvalue weighted by Crippen LogP contribution is -2.36. The van der Waals surface area contributed by atoms with Crippen molar-refractivity contribution in [3.63, 3.8) is 0 Å². The first-order chi connectivity index (χ1) is 12.2. The molecule has 25 heavy (non-hydrogen) atoms. The van der Waals surface area contributed by atoms with E-state index in [1.807, 2.05) is 11.8 Å². The van der Waals surface area contributed by atoms with Gasteiger partial charge in [0.25, 0.3) is 0 Å². The van der Waals surface area contributed by atoms with Gasteiger partial charge in [-0.2, -0.15) is 0 Å². The maximum absolute atomic E-state index is 12.8. The molecule has 0 radical (unpaired) electrons. The SMILES string of the molecule is CCOCCCN(Cc1nc(C(=O)OCC)cs1)C(=O)C1CCCC1. The second kappa shape index (κ2) is 10.5. The van der Waals surface area contributed by atoms with Gasteiger partial charge in [0.15, 0.2) is 5.69 Å². The van der Waals surface area contributed by atoms with Crippen molar-refractivity contribution in [3.8, 4) is 0 Å². The molecule has 1 heterocycles. The average Bonchev–Trinajstić information content (AvgIpc) is 3.29. The third kappa shape index (κ3) is 6.08. The molecular weight excluding hydrogens is 340 g/mol. The molecule has 0 spiro atoms. The highest BCUT2D eigenvalue weighted by Crippen LogP contribution is 2.27. The van der Waals surface area contributed by atoms with Gasteiger partial charge in [-0.3, -0.25) is 4.79 Å². The highest BCUT2D eigenvalue weighted by Gasteiger charge is 2.27. The minimum Gasteiger partial charge on any atom is -0.461 e. The smallest absolute Gasteiger partial charge is 0.357 e. The van der Waals surface area contributed by atoms with Crippen molar-refractivity contribution in [2.24, 2.45) is 5.92 Å². The third-order valence-electron chi connectivity index (χ3n) is 4.30. The Kier molecular flexibility index (Phi) is 8.34. The molecule has 1 aliphatic rings. The number of hydrogen-bond donors (Lipinski definition) is 0. The molecule has 7 heteroatoms. The maximum atomic E-state index is 12.8. The minimum absolute atomic E-state index is 0.136. The summed E-state index contributed by atoms with van der Waals surface area (Å²) in [6, 6.07) is 0. The summed E-state index contributed by atoms with van der Waals surface area (Å²) in [6.07, 6.45) is 5.03. The van der Waals surface area contributed by atoms with Gasteiger partial charge in [-0.1, -0.05) is 12.8 Å². The van der Waals surface area contributed by atoms with Gasteiger partial charge < -0.3 is 14.4 Å². The Labute approximate surface area is 153 Å². The summed E-state index contributed by atoms with van der Waals surface area (Å²) in [5.41, 5.74) is 0.324. The maximum Gasteiger partial charge on any atom is 0.357 e. The zero-order valence-electron chi connectivity index (χ0n) is 15.2. The predicted octanol–water partition coefficient (Wildman–Crippen LogP) is 3.27. The van der Waals surface area contributed by atoms with Crippen LogP contribution in [0.15, 0.2) is 5.38 Å². The first-order valence-electron chi connectivity index (χ1n) is 9.13. The molecule has 0 saturated heterocycles. The van der Waals surface area contributed by atoms with E-state index < -0.39 is 5.97 Å². The molecule has 6 nitrogen and oxygen atoms in total. The molecule has 0 bridgehead atoms. The zero-order valence-corrected chi connectivity index (χ0v) is 16.0. The molecule has 1 saturated carbocycles. The van der Waals surface area contributed by atoms with Crippen molar-refractivity contribution in [2.45, 2.75) is 52.5 Å². The number of carbonyl (C=O) groups is 2. The van der Waals surface area contributed by atoms with Crippen LogP contribution >= 0.6 is 11.3 Å². The highest BCUT2D eigenvalue weighted by atomic mass is 32.1. The molecule has 0 unspecified atom stereocenters. The molecular formula is C18H28N2O4S. The van der Waals surface area contributed by atoms with Crippen LogP contribution in [0.5, 0.6) is 0 Å². The fraction of sp³-hybridized carbons (Fsp3) is 0.722. The van der Waals surface area contributed by atoms with Crippen LogP contribution in [0.4, 0.5) is 0 Å². The summed E-state index contributed by atoms with van der Waals surface area (Å²) in [5.74, 6) is -0.0616. The Hall–Kier alpha value is -1.47. The summed E-state index contributed by atoms with van der Waals surface area (Å²) in [5, 5.41) is 2.47. The molecule has 0 aromatic carbocycles. The fourth-order valence-corrected chi connectivity index (χ4v) is 3.82. The molecule has 2 rings (SSSR count). The summed E-state index contributed by atoms with van der Waals surface area (Å²) >= 11 is 1.40. The lowest BCUT2D eigenvalue weighted by atomic mass is 10.1.